The Bertz CT molecular complexity index is 1040. The number of phenolic OH excluding ortho intramolecular Hbond substituents is 1. The highest BCUT2D eigenvalue weighted by molar-refractivity contribution is 5.71. The Morgan fingerprint density at radius 2 is 1.65 bits per heavy atom. The number of nitrogens with zero attached hydrogens (tertiary/aromatic N) is 6. The van der Waals surface area contributed by atoms with Gasteiger partial charge in [0.2, 0.25) is 0 Å². The van der Waals surface area contributed by atoms with E-state index in [9.17, 15) is 5.11 Å². The number of anilines is 1. The maximum Gasteiger partial charge on any atom is 0.162 e. The third-order valence-electron chi connectivity index (χ3n) is 5.74. The maximum atomic E-state index is 10.5. The lowest BCUT2D eigenvalue weighted by atomic mass is 9.79. The highest BCUT2D eigenvalue weighted by Crippen LogP contribution is 2.34. The monoisotopic (exact) mass is 419 g/mol. The molecule has 1 fully saturated rings. The first-order valence-corrected chi connectivity index (χ1v) is 10.4. The van der Waals surface area contributed by atoms with Gasteiger partial charge in [0.05, 0.1) is 18.1 Å². The summed E-state index contributed by atoms with van der Waals surface area (Å²) in [6.45, 7) is 8.97. The van der Waals surface area contributed by atoms with Crippen molar-refractivity contribution in [2.75, 3.05) is 11.9 Å². The molecule has 31 heavy (non-hydrogen) atoms. The molecule has 0 amide bonds. The third kappa shape index (κ3) is 4.64. The molecule has 4 rings (SSSR count). The molecule has 0 saturated carbocycles. The molecule has 0 bridgehead atoms. The van der Waals surface area contributed by atoms with Crippen LogP contribution in [0, 0.1) is 0 Å². The number of hydrogen-bond donors (Lipinski definition) is 2. The van der Waals surface area contributed by atoms with Crippen LogP contribution in [0.15, 0.2) is 43.2 Å². The minimum Gasteiger partial charge on any atom is -0.507 e. The molecule has 1 aliphatic rings. The first kappa shape index (κ1) is 21.1. The highest BCUT2D eigenvalue weighted by atomic mass is 16.3. The molecule has 8 heteroatoms. The Balaban J connectivity index is 1.54. The van der Waals surface area contributed by atoms with Gasteiger partial charge in [-0.15, -0.1) is 0 Å². The number of nitrogens with one attached hydrogen (secondary N) is 1. The van der Waals surface area contributed by atoms with Crippen LogP contribution in [-0.4, -0.2) is 54.2 Å². The van der Waals surface area contributed by atoms with Crippen molar-refractivity contribution >= 4 is 5.82 Å². The molecule has 1 aromatic carbocycles. The van der Waals surface area contributed by atoms with Crippen molar-refractivity contribution in [2.24, 2.45) is 0 Å². The number of aromatic nitrogens is 5. The van der Waals surface area contributed by atoms with Gasteiger partial charge in [-0.3, -0.25) is 4.98 Å². The molecule has 162 valence electrons. The summed E-state index contributed by atoms with van der Waals surface area (Å²) in [5.41, 5.74) is 2.05. The second-order valence-corrected chi connectivity index (χ2v) is 9.52. The van der Waals surface area contributed by atoms with E-state index in [0.29, 0.717) is 28.7 Å². The first-order chi connectivity index (χ1) is 14.6. The Labute approximate surface area is 182 Å². The molecular weight excluding hydrogens is 390 g/mol. The van der Waals surface area contributed by atoms with Crippen molar-refractivity contribution in [3.05, 3.63) is 43.2 Å². The second-order valence-electron chi connectivity index (χ2n) is 9.52. The zero-order valence-electron chi connectivity index (χ0n) is 18.7. The van der Waals surface area contributed by atoms with Gasteiger partial charge in [-0.05, 0) is 52.7 Å². The van der Waals surface area contributed by atoms with Crippen LogP contribution in [-0.2, 0) is 0 Å². The predicted octanol–water partition coefficient (Wildman–Crippen LogP) is 3.45. The van der Waals surface area contributed by atoms with E-state index in [1.54, 1.807) is 24.5 Å². The molecule has 3 aromatic rings. The van der Waals surface area contributed by atoms with Gasteiger partial charge >= 0.3 is 0 Å². The molecule has 0 radical (unpaired) electrons. The summed E-state index contributed by atoms with van der Waals surface area (Å²) in [5, 5.41) is 14.3. The summed E-state index contributed by atoms with van der Waals surface area (Å²) >= 11 is 0. The first-order valence-electron chi connectivity index (χ1n) is 10.4. The lowest BCUT2D eigenvalue weighted by molar-refractivity contribution is 0.160. The smallest absolute Gasteiger partial charge is 0.162 e. The van der Waals surface area contributed by atoms with Gasteiger partial charge in [-0.25, -0.2) is 19.9 Å². The van der Waals surface area contributed by atoms with E-state index >= 15 is 0 Å². The third-order valence-corrected chi connectivity index (χ3v) is 5.74. The van der Waals surface area contributed by atoms with Crippen molar-refractivity contribution in [3.63, 3.8) is 0 Å². The summed E-state index contributed by atoms with van der Waals surface area (Å²) in [6.07, 6.45) is 8.39. The summed E-state index contributed by atoms with van der Waals surface area (Å²) in [4.78, 5) is 23.5. The summed E-state index contributed by atoms with van der Waals surface area (Å²) in [6, 6.07) is 5.65. The molecule has 8 nitrogen and oxygen atoms in total. The van der Waals surface area contributed by atoms with E-state index < -0.39 is 0 Å². The molecule has 3 heterocycles. The Morgan fingerprint density at radius 1 is 0.968 bits per heavy atom. The molecule has 0 aliphatic carbocycles. The van der Waals surface area contributed by atoms with Crippen molar-refractivity contribution in [1.29, 1.82) is 0 Å². The van der Waals surface area contributed by atoms with Crippen LogP contribution in [0.25, 0.3) is 22.6 Å². The summed E-state index contributed by atoms with van der Waals surface area (Å²) in [5.74, 6) is 1.44. The number of benzene rings is 1. The molecule has 1 aliphatic heterocycles. The molecule has 2 N–H and O–H groups in total. The molecular formula is C23H29N7O. The Morgan fingerprint density at radius 3 is 2.23 bits per heavy atom. The minimum atomic E-state index is 0.0557. The zero-order valence-corrected chi connectivity index (χ0v) is 18.7. The fraction of sp³-hybridized carbons (Fsp3) is 0.435. The van der Waals surface area contributed by atoms with Gasteiger partial charge in [0.15, 0.2) is 5.82 Å². The fourth-order valence-corrected chi connectivity index (χ4v) is 4.65. The number of rotatable bonds is 4. The highest BCUT2D eigenvalue weighted by Gasteiger charge is 2.39. The second kappa shape index (κ2) is 7.85. The molecule has 0 unspecified atom stereocenters. The summed E-state index contributed by atoms with van der Waals surface area (Å²) in [7, 11) is 2.08. The van der Waals surface area contributed by atoms with Gasteiger partial charge in [0.25, 0.3) is 0 Å². The van der Waals surface area contributed by atoms with Crippen LogP contribution in [0.1, 0.15) is 40.5 Å². The van der Waals surface area contributed by atoms with Gasteiger partial charge in [0, 0.05) is 35.3 Å². The van der Waals surface area contributed by atoms with E-state index in [1.165, 1.54) is 12.7 Å². The number of piperidine rings is 1. The van der Waals surface area contributed by atoms with Crippen LogP contribution in [0.3, 0.4) is 0 Å². The van der Waals surface area contributed by atoms with Gasteiger partial charge in [0.1, 0.15) is 24.2 Å². The van der Waals surface area contributed by atoms with E-state index in [2.05, 4.69) is 69.9 Å². The van der Waals surface area contributed by atoms with Crippen molar-refractivity contribution in [3.8, 4) is 28.4 Å². The van der Waals surface area contributed by atoms with Gasteiger partial charge < -0.3 is 15.3 Å². The lowest BCUT2D eigenvalue weighted by Gasteiger charge is -2.49. The summed E-state index contributed by atoms with van der Waals surface area (Å²) < 4.78 is 0. The van der Waals surface area contributed by atoms with Crippen molar-refractivity contribution < 1.29 is 5.11 Å². The molecule has 0 spiro atoms. The van der Waals surface area contributed by atoms with E-state index in [4.69, 9.17) is 0 Å². The van der Waals surface area contributed by atoms with E-state index in [0.717, 1.165) is 18.7 Å². The Kier molecular flexibility index (Phi) is 5.35. The van der Waals surface area contributed by atoms with Crippen LogP contribution >= 0.6 is 0 Å². The SMILES string of the molecule is CN(c1cnc(-c2ccc(-c3ncncn3)cc2O)cn1)C1CC(C)(C)NC(C)(C)C1. The van der Waals surface area contributed by atoms with Crippen molar-refractivity contribution in [1.82, 2.24) is 30.2 Å². The average molecular weight is 420 g/mol. The maximum absolute atomic E-state index is 10.5. The van der Waals surface area contributed by atoms with Crippen LogP contribution in [0.5, 0.6) is 5.75 Å². The van der Waals surface area contributed by atoms with Crippen LogP contribution in [0.2, 0.25) is 0 Å². The number of hydrogen-bond acceptors (Lipinski definition) is 8. The fourth-order valence-electron chi connectivity index (χ4n) is 4.65. The van der Waals surface area contributed by atoms with E-state index in [-0.39, 0.29) is 16.8 Å². The van der Waals surface area contributed by atoms with Crippen LogP contribution in [0.4, 0.5) is 5.82 Å². The topological polar surface area (TPSA) is 100.0 Å². The molecule has 1 saturated heterocycles. The lowest BCUT2D eigenvalue weighted by Crippen LogP contribution is -2.62. The molecule has 0 atom stereocenters. The Hall–Kier alpha value is -3.13. The quantitative estimate of drug-likeness (QED) is 0.663. The van der Waals surface area contributed by atoms with Gasteiger partial charge in [-0.2, -0.15) is 0 Å². The standard InChI is InChI=1S/C23H29N7O/c1-22(2)9-16(10-23(3,4)29-22)30(5)20-12-25-18(11-26-20)17-7-6-15(8-19(17)31)21-27-13-24-14-28-21/h6-8,11-14,16,29,31H,9-10H2,1-5H3. The van der Waals surface area contributed by atoms with Crippen LogP contribution < -0.4 is 10.2 Å². The predicted molar refractivity (Wildman–Crippen MR) is 121 cm³/mol. The number of aromatic hydroxyl groups is 1. The number of phenols is 1. The van der Waals surface area contributed by atoms with Crippen molar-refractivity contribution in [2.45, 2.75) is 57.7 Å². The van der Waals surface area contributed by atoms with E-state index in [1.807, 2.05) is 6.07 Å². The molecule has 2 aromatic heterocycles. The normalized spacial score (nSPS) is 18.0. The average Bonchev–Trinajstić information content (AvgIpc) is 2.72. The zero-order chi connectivity index (χ0) is 22.2. The van der Waals surface area contributed by atoms with Gasteiger partial charge in [-0.1, -0.05) is 6.07 Å². The minimum absolute atomic E-state index is 0.0557. The largest absolute Gasteiger partial charge is 0.507 e.